The lowest BCUT2D eigenvalue weighted by molar-refractivity contribution is 0.0951. The van der Waals surface area contributed by atoms with E-state index in [0.717, 1.165) is 5.69 Å². The lowest BCUT2D eigenvalue weighted by atomic mass is 10.1. The van der Waals surface area contributed by atoms with Crippen LogP contribution < -0.4 is 10.2 Å². The van der Waals surface area contributed by atoms with Crippen molar-refractivity contribution in [2.45, 2.75) is 6.54 Å². The number of benzene rings is 2. The minimum Gasteiger partial charge on any atom is -0.508 e. The van der Waals surface area contributed by atoms with Gasteiger partial charge in [-0.05, 0) is 30.3 Å². The maximum Gasteiger partial charge on any atom is 0.251 e. The second-order valence-electron chi connectivity index (χ2n) is 4.94. The van der Waals surface area contributed by atoms with Crippen molar-refractivity contribution in [3.8, 4) is 11.5 Å². The Kier molecular flexibility index (Phi) is 4.33. The normalized spacial score (nSPS) is 10.2. The molecule has 0 spiro atoms. The molecule has 2 rings (SSSR count). The van der Waals surface area contributed by atoms with Gasteiger partial charge in [-0.3, -0.25) is 4.79 Å². The zero-order valence-corrected chi connectivity index (χ0v) is 12.0. The molecule has 0 saturated carbocycles. The second-order valence-corrected chi connectivity index (χ2v) is 4.94. The van der Waals surface area contributed by atoms with E-state index in [4.69, 9.17) is 0 Å². The molecule has 0 heterocycles. The van der Waals surface area contributed by atoms with Crippen LogP contribution in [0.4, 0.5) is 5.69 Å². The van der Waals surface area contributed by atoms with Gasteiger partial charge >= 0.3 is 0 Å². The molecule has 1 amide bonds. The van der Waals surface area contributed by atoms with Crippen LogP contribution in [0, 0.1) is 0 Å². The van der Waals surface area contributed by atoms with Crippen molar-refractivity contribution in [1.82, 2.24) is 5.32 Å². The first-order valence-corrected chi connectivity index (χ1v) is 6.54. The highest BCUT2D eigenvalue weighted by Gasteiger charge is 2.08. The van der Waals surface area contributed by atoms with E-state index in [1.807, 2.05) is 31.1 Å². The third-order valence-electron chi connectivity index (χ3n) is 3.13. The third kappa shape index (κ3) is 3.66. The molecule has 0 unspecified atom stereocenters. The van der Waals surface area contributed by atoms with Gasteiger partial charge < -0.3 is 20.4 Å². The van der Waals surface area contributed by atoms with Gasteiger partial charge in [0.25, 0.3) is 5.91 Å². The van der Waals surface area contributed by atoms with E-state index in [2.05, 4.69) is 5.32 Å². The summed E-state index contributed by atoms with van der Waals surface area (Å²) in [4.78, 5) is 14.0. The molecule has 0 aliphatic heterocycles. The number of phenolic OH excluding ortho intramolecular Hbond substituents is 2. The number of hydrogen-bond donors (Lipinski definition) is 3. The Balaban J connectivity index is 2.06. The van der Waals surface area contributed by atoms with Gasteiger partial charge in [0.05, 0.1) is 0 Å². The maximum atomic E-state index is 12.1. The van der Waals surface area contributed by atoms with Crippen LogP contribution in [0.1, 0.15) is 15.9 Å². The predicted molar refractivity (Wildman–Crippen MR) is 81.7 cm³/mol. The summed E-state index contributed by atoms with van der Waals surface area (Å²) in [5.74, 6) is -0.273. The van der Waals surface area contributed by atoms with Crippen LogP contribution >= 0.6 is 0 Å². The largest absolute Gasteiger partial charge is 0.508 e. The first-order valence-electron chi connectivity index (χ1n) is 6.54. The summed E-state index contributed by atoms with van der Waals surface area (Å²) in [7, 11) is 3.82. The third-order valence-corrected chi connectivity index (χ3v) is 3.13. The number of nitrogens with zero attached hydrogens (tertiary/aromatic N) is 1. The van der Waals surface area contributed by atoms with E-state index in [1.54, 1.807) is 18.2 Å². The minimum absolute atomic E-state index is 0.0127. The summed E-state index contributed by atoms with van der Waals surface area (Å²) >= 11 is 0. The lowest BCUT2D eigenvalue weighted by Crippen LogP contribution is -2.23. The molecule has 0 aliphatic rings. The molecule has 2 aromatic carbocycles. The zero-order valence-electron chi connectivity index (χ0n) is 12.0. The topological polar surface area (TPSA) is 72.8 Å². The Hall–Kier alpha value is -2.69. The first kappa shape index (κ1) is 14.7. The maximum absolute atomic E-state index is 12.1. The molecule has 5 heteroatoms. The van der Waals surface area contributed by atoms with Crippen molar-refractivity contribution < 1.29 is 15.0 Å². The van der Waals surface area contributed by atoms with E-state index in [-0.39, 0.29) is 24.0 Å². The molecule has 5 nitrogen and oxygen atoms in total. The molecular weight excluding hydrogens is 268 g/mol. The molecule has 2 aromatic rings. The molecule has 0 saturated heterocycles. The molecule has 0 atom stereocenters. The highest BCUT2D eigenvalue weighted by Crippen LogP contribution is 2.22. The monoisotopic (exact) mass is 286 g/mol. The van der Waals surface area contributed by atoms with Gasteiger partial charge in [-0.25, -0.2) is 0 Å². The second kappa shape index (κ2) is 6.17. The van der Waals surface area contributed by atoms with Gasteiger partial charge in [0, 0.05) is 43.5 Å². The number of amides is 1. The number of carbonyl (C=O) groups excluding carboxylic acids is 1. The van der Waals surface area contributed by atoms with Gasteiger partial charge in [-0.15, -0.1) is 0 Å². The number of anilines is 1. The van der Waals surface area contributed by atoms with E-state index >= 15 is 0 Å². The predicted octanol–water partition coefficient (Wildman–Crippen LogP) is 2.09. The summed E-state index contributed by atoms with van der Waals surface area (Å²) in [6.07, 6.45) is 0. The number of nitrogens with one attached hydrogen (secondary N) is 1. The molecule has 0 fully saturated rings. The molecule has 0 radical (unpaired) electrons. The summed E-state index contributed by atoms with van der Waals surface area (Å²) in [6, 6.07) is 11.6. The summed E-state index contributed by atoms with van der Waals surface area (Å²) in [5, 5.41) is 21.6. The fourth-order valence-electron chi connectivity index (χ4n) is 1.90. The van der Waals surface area contributed by atoms with Crippen molar-refractivity contribution in [2.24, 2.45) is 0 Å². The van der Waals surface area contributed by atoms with Crippen molar-refractivity contribution in [3.05, 3.63) is 53.6 Å². The summed E-state index contributed by atoms with van der Waals surface area (Å²) in [5.41, 5.74) is 2.04. The Morgan fingerprint density at radius 2 is 1.90 bits per heavy atom. The Bertz CT molecular complexity index is 654. The molecule has 3 N–H and O–H groups in total. The smallest absolute Gasteiger partial charge is 0.251 e. The minimum atomic E-state index is -0.217. The number of rotatable bonds is 4. The highest BCUT2D eigenvalue weighted by molar-refractivity contribution is 5.95. The van der Waals surface area contributed by atoms with Crippen LogP contribution in [0.15, 0.2) is 42.5 Å². The SMILES string of the molecule is CN(C)c1cccc(C(=O)NCc2ccc(O)cc2O)c1. The van der Waals surface area contributed by atoms with E-state index in [0.29, 0.717) is 11.1 Å². The van der Waals surface area contributed by atoms with Gasteiger partial charge in [0.2, 0.25) is 0 Å². The van der Waals surface area contributed by atoms with Gasteiger partial charge in [0.15, 0.2) is 0 Å². The van der Waals surface area contributed by atoms with Gasteiger partial charge in [0.1, 0.15) is 11.5 Å². The quantitative estimate of drug-likeness (QED) is 0.804. The van der Waals surface area contributed by atoms with Crippen LogP contribution in [0.25, 0.3) is 0 Å². The molecule has 110 valence electrons. The standard InChI is InChI=1S/C16H18N2O3/c1-18(2)13-5-3-4-11(8-13)16(21)17-10-12-6-7-14(19)9-15(12)20/h3-9,19-20H,10H2,1-2H3,(H,17,21). The molecule has 0 aromatic heterocycles. The fraction of sp³-hybridized carbons (Fsp3) is 0.188. The van der Waals surface area contributed by atoms with Gasteiger partial charge in [-0.2, -0.15) is 0 Å². The number of carbonyl (C=O) groups is 1. The molecule has 0 aliphatic carbocycles. The van der Waals surface area contributed by atoms with Crippen molar-refractivity contribution >= 4 is 11.6 Å². The van der Waals surface area contributed by atoms with Gasteiger partial charge in [-0.1, -0.05) is 6.07 Å². The molecular formula is C16H18N2O3. The Morgan fingerprint density at radius 1 is 1.14 bits per heavy atom. The van der Waals surface area contributed by atoms with E-state index in [1.165, 1.54) is 12.1 Å². The zero-order chi connectivity index (χ0) is 15.4. The number of phenols is 2. The van der Waals surface area contributed by atoms with Crippen LogP contribution in [-0.2, 0) is 6.54 Å². The molecule has 0 bridgehead atoms. The first-order chi connectivity index (χ1) is 9.97. The fourth-order valence-corrected chi connectivity index (χ4v) is 1.90. The van der Waals surface area contributed by atoms with Crippen LogP contribution in [0.2, 0.25) is 0 Å². The molecule has 21 heavy (non-hydrogen) atoms. The summed E-state index contributed by atoms with van der Waals surface area (Å²) < 4.78 is 0. The number of aromatic hydroxyl groups is 2. The average molecular weight is 286 g/mol. The number of hydrogen-bond acceptors (Lipinski definition) is 4. The van der Waals surface area contributed by atoms with E-state index < -0.39 is 0 Å². The Morgan fingerprint density at radius 3 is 2.57 bits per heavy atom. The van der Waals surface area contributed by atoms with Crippen LogP contribution in [0.3, 0.4) is 0 Å². The Labute approximate surface area is 123 Å². The van der Waals surface area contributed by atoms with Crippen LogP contribution in [-0.4, -0.2) is 30.2 Å². The van der Waals surface area contributed by atoms with Crippen LogP contribution in [0.5, 0.6) is 11.5 Å². The lowest BCUT2D eigenvalue weighted by Gasteiger charge is -2.13. The average Bonchev–Trinajstić information content (AvgIpc) is 2.46. The summed E-state index contributed by atoms with van der Waals surface area (Å²) in [6.45, 7) is 0.192. The van der Waals surface area contributed by atoms with E-state index in [9.17, 15) is 15.0 Å². The van der Waals surface area contributed by atoms with Crippen molar-refractivity contribution in [1.29, 1.82) is 0 Å². The van der Waals surface area contributed by atoms with Crippen molar-refractivity contribution in [2.75, 3.05) is 19.0 Å². The highest BCUT2D eigenvalue weighted by atomic mass is 16.3. The van der Waals surface area contributed by atoms with Crippen molar-refractivity contribution in [3.63, 3.8) is 0 Å².